The van der Waals surface area contributed by atoms with Crippen molar-refractivity contribution in [2.75, 3.05) is 52.7 Å². The molecule has 3 aliphatic rings. The van der Waals surface area contributed by atoms with E-state index < -0.39 is 6.04 Å². The van der Waals surface area contributed by atoms with Gasteiger partial charge >= 0.3 is 0 Å². The lowest BCUT2D eigenvalue weighted by molar-refractivity contribution is -0.151. The van der Waals surface area contributed by atoms with Gasteiger partial charge in [0.15, 0.2) is 11.5 Å². The van der Waals surface area contributed by atoms with Gasteiger partial charge in [0.1, 0.15) is 6.04 Å². The molecule has 2 fully saturated rings. The van der Waals surface area contributed by atoms with E-state index in [0.717, 1.165) is 28.5 Å². The zero-order chi connectivity index (χ0) is 21.9. The number of nitrogens with zero attached hydrogens (tertiary/aromatic N) is 3. The highest BCUT2D eigenvalue weighted by Gasteiger charge is 2.38. The molecule has 1 aromatic carbocycles. The highest BCUT2D eigenvalue weighted by atomic mass is 32.1. The van der Waals surface area contributed by atoms with Crippen LogP contribution in [0.25, 0.3) is 0 Å². The zero-order valence-electron chi connectivity index (χ0n) is 17.9. The van der Waals surface area contributed by atoms with Gasteiger partial charge < -0.3 is 24.0 Å². The van der Waals surface area contributed by atoms with Crippen molar-refractivity contribution < 1.29 is 23.8 Å². The Morgan fingerprint density at radius 1 is 1.03 bits per heavy atom. The Morgan fingerprint density at radius 2 is 1.88 bits per heavy atom. The molecule has 1 aromatic heterocycles. The van der Waals surface area contributed by atoms with Gasteiger partial charge in [0, 0.05) is 44.1 Å². The van der Waals surface area contributed by atoms with Crippen molar-refractivity contribution in [2.45, 2.75) is 19.0 Å². The maximum atomic E-state index is 13.4. The van der Waals surface area contributed by atoms with E-state index in [0.29, 0.717) is 52.4 Å². The molecule has 3 aliphatic heterocycles. The van der Waals surface area contributed by atoms with Crippen LogP contribution in [0.3, 0.4) is 0 Å². The van der Waals surface area contributed by atoms with Gasteiger partial charge in [-0.2, -0.15) is 0 Å². The first kappa shape index (κ1) is 21.2. The van der Waals surface area contributed by atoms with Crippen LogP contribution in [0.4, 0.5) is 0 Å². The quantitative estimate of drug-likeness (QED) is 0.679. The van der Waals surface area contributed by atoms with Crippen LogP contribution in [0, 0.1) is 0 Å². The first-order chi connectivity index (χ1) is 15.7. The smallest absolute Gasteiger partial charge is 0.246 e. The topological polar surface area (TPSA) is 71.6 Å². The Kier molecular flexibility index (Phi) is 6.29. The van der Waals surface area contributed by atoms with Crippen LogP contribution in [0.15, 0.2) is 35.7 Å². The van der Waals surface area contributed by atoms with Crippen molar-refractivity contribution in [3.05, 3.63) is 46.2 Å². The Hall–Kier alpha value is -2.62. The fraction of sp³-hybridized carbons (Fsp3) is 0.478. The third-order valence-electron chi connectivity index (χ3n) is 6.14. The first-order valence-electron chi connectivity index (χ1n) is 11.0. The largest absolute Gasteiger partial charge is 0.454 e. The maximum absolute atomic E-state index is 13.4. The Morgan fingerprint density at radius 3 is 2.69 bits per heavy atom. The predicted octanol–water partition coefficient (Wildman–Crippen LogP) is 1.59. The Bertz CT molecular complexity index is 961. The maximum Gasteiger partial charge on any atom is 0.246 e. The number of piperazine rings is 1. The van der Waals surface area contributed by atoms with Crippen LogP contribution in [-0.4, -0.2) is 85.3 Å². The molecule has 32 heavy (non-hydrogen) atoms. The van der Waals surface area contributed by atoms with Gasteiger partial charge in [-0.3, -0.25) is 14.5 Å². The fourth-order valence-electron chi connectivity index (χ4n) is 4.45. The molecule has 8 nitrogen and oxygen atoms in total. The van der Waals surface area contributed by atoms with Crippen LogP contribution >= 0.6 is 11.3 Å². The molecule has 4 heterocycles. The zero-order valence-corrected chi connectivity index (χ0v) is 18.7. The van der Waals surface area contributed by atoms with Crippen molar-refractivity contribution in [1.29, 1.82) is 0 Å². The van der Waals surface area contributed by atoms with E-state index in [9.17, 15) is 9.59 Å². The standard InChI is InChI=1S/C23H27N3O5S/c27-22(13-18-2-1-11-32-18)26-6-5-24(14-17-3-4-20-21(12-17)31-16-30-20)15-19(26)23(28)25-7-9-29-10-8-25/h1-4,11-12,19H,5-10,13-16H2. The molecule has 9 heteroatoms. The lowest BCUT2D eigenvalue weighted by Gasteiger charge is -2.43. The number of ether oxygens (including phenoxy) is 3. The third kappa shape index (κ3) is 4.60. The summed E-state index contributed by atoms with van der Waals surface area (Å²) in [6.45, 7) is 4.95. The summed E-state index contributed by atoms with van der Waals surface area (Å²) in [4.78, 5) is 33.5. The fourth-order valence-corrected chi connectivity index (χ4v) is 5.14. The molecule has 2 aromatic rings. The molecule has 170 valence electrons. The van der Waals surface area contributed by atoms with Crippen molar-refractivity contribution in [2.24, 2.45) is 0 Å². The summed E-state index contributed by atoms with van der Waals surface area (Å²) in [6, 6.07) is 9.39. The summed E-state index contributed by atoms with van der Waals surface area (Å²) in [5.74, 6) is 1.55. The van der Waals surface area contributed by atoms with Crippen LogP contribution in [0.5, 0.6) is 11.5 Å². The number of fused-ring (bicyclic) bond motifs is 1. The first-order valence-corrected chi connectivity index (χ1v) is 11.8. The van der Waals surface area contributed by atoms with Crippen LogP contribution in [0.2, 0.25) is 0 Å². The van der Waals surface area contributed by atoms with E-state index >= 15 is 0 Å². The molecular weight excluding hydrogens is 430 g/mol. The second-order valence-corrected chi connectivity index (χ2v) is 9.25. The molecule has 0 spiro atoms. The number of carbonyl (C=O) groups is 2. The van der Waals surface area contributed by atoms with Crippen molar-refractivity contribution >= 4 is 23.2 Å². The minimum absolute atomic E-state index is 0.0155. The second-order valence-electron chi connectivity index (χ2n) is 8.22. The molecule has 0 N–H and O–H groups in total. The molecule has 0 aliphatic carbocycles. The van der Waals surface area contributed by atoms with Gasteiger partial charge in [0.05, 0.1) is 19.6 Å². The highest BCUT2D eigenvalue weighted by molar-refractivity contribution is 7.10. The monoisotopic (exact) mass is 457 g/mol. The van der Waals surface area contributed by atoms with Gasteiger partial charge in [-0.1, -0.05) is 12.1 Å². The van der Waals surface area contributed by atoms with Gasteiger partial charge in [-0.15, -0.1) is 11.3 Å². The number of morpholine rings is 1. The molecule has 2 amide bonds. The van der Waals surface area contributed by atoms with E-state index in [1.165, 1.54) is 0 Å². The van der Waals surface area contributed by atoms with Gasteiger partial charge in [0.25, 0.3) is 0 Å². The summed E-state index contributed by atoms with van der Waals surface area (Å²) in [7, 11) is 0. The van der Waals surface area contributed by atoms with E-state index in [1.807, 2.05) is 40.6 Å². The molecular formula is C23H27N3O5S. The Balaban J connectivity index is 1.31. The molecule has 5 rings (SSSR count). The number of hydrogen-bond donors (Lipinski definition) is 0. The summed E-state index contributed by atoms with van der Waals surface area (Å²) >= 11 is 1.57. The van der Waals surface area contributed by atoms with Crippen molar-refractivity contribution in [1.82, 2.24) is 14.7 Å². The molecule has 0 saturated carbocycles. The normalized spacial score (nSPS) is 21.1. The van der Waals surface area contributed by atoms with Crippen molar-refractivity contribution in [3.8, 4) is 11.5 Å². The summed E-state index contributed by atoms with van der Waals surface area (Å²) in [5, 5.41) is 1.97. The molecule has 1 atom stereocenters. The van der Waals surface area contributed by atoms with E-state index in [-0.39, 0.29) is 18.6 Å². The number of rotatable bonds is 5. The summed E-state index contributed by atoms with van der Waals surface area (Å²) in [5.41, 5.74) is 1.10. The highest BCUT2D eigenvalue weighted by Crippen LogP contribution is 2.33. The van der Waals surface area contributed by atoms with Gasteiger partial charge in [0.2, 0.25) is 18.6 Å². The Labute approximate surface area is 191 Å². The summed E-state index contributed by atoms with van der Waals surface area (Å²) < 4.78 is 16.3. The lowest BCUT2D eigenvalue weighted by Crippen LogP contribution is -2.62. The SMILES string of the molecule is O=C(C1CN(Cc2ccc3c(c2)OCO3)CCN1C(=O)Cc1cccs1)N1CCOCC1. The van der Waals surface area contributed by atoms with Crippen LogP contribution in [-0.2, 0) is 27.3 Å². The van der Waals surface area contributed by atoms with Gasteiger partial charge in [-0.25, -0.2) is 0 Å². The minimum atomic E-state index is -0.483. The molecule has 0 bridgehead atoms. The van der Waals surface area contributed by atoms with E-state index in [1.54, 1.807) is 16.2 Å². The number of thiophene rings is 1. The molecule has 0 radical (unpaired) electrons. The van der Waals surface area contributed by atoms with Crippen LogP contribution < -0.4 is 9.47 Å². The van der Waals surface area contributed by atoms with Crippen LogP contribution in [0.1, 0.15) is 10.4 Å². The second kappa shape index (κ2) is 9.48. The molecule has 1 unspecified atom stereocenters. The van der Waals surface area contributed by atoms with E-state index in [2.05, 4.69) is 4.90 Å². The van der Waals surface area contributed by atoms with Crippen molar-refractivity contribution in [3.63, 3.8) is 0 Å². The minimum Gasteiger partial charge on any atom is -0.454 e. The average Bonchev–Trinajstić information content (AvgIpc) is 3.51. The van der Waals surface area contributed by atoms with E-state index in [4.69, 9.17) is 14.2 Å². The number of benzene rings is 1. The number of carbonyl (C=O) groups excluding carboxylic acids is 2. The van der Waals surface area contributed by atoms with Gasteiger partial charge in [-0.05, 0) is 29.1 Å². The third-order valence-corrected chi connectivity index (χ3v) is 7.02. The number of amides is 2. The predicted molar refractivity (Wildman–Crippen MR) is 119 cm³/mol. The average molecular weight is 458 g/mol. The molecule has 2 saturated heterocycles. The number of hydrogen-bond acceptors (Lipinski definition) is 7. The summed E-state index contributed by atoms with van der Waals surface area (Å²) in [6.07, 6.45) is 0.340. The lowest BCUT2D eigenvalue weighted by atomic mass is 10.1.